The van der Waals surface area contributed by atoms with Crippen molar-refractivity contribution in [3.8, 4) is 5.75 Å². The lowest BCUT2D eigenvalue weighted by Gasteiger charge is -2.42. The first kappa shape index (κ1) is 20.7. The van der Waals surface area contributed by atoms with Crippen LogP contribution in [0.25, 0.3) is 0 Å². The minimum atomic E-state index is -1.40. The number of likely N-dealkylation sites (tertiary alicyclic amines) is 1. The van der Waals surface area contributed by atoms with Crippen LogP contribution in [0.2, 0.25) is 0 Å². The van der Waals surface area contributed by atoms with Crippen molar-refractivity contribution in [1.82, 2.24) is 9.88 Å². The van der Waals surface area contributed by atoms with Crippen molar-refractivity contribution < 1.29 is 23.7 Å². The smallest absolute Gasteiger partial charge is 0.151 e. The standard InChI is InChI=1S/C21H27FN2O4S/c1-14-10-15(4-5-16(14)26-12-20(2,3)22)18(25)24-8-6-21(19-23-7-9-29-19)17(11-24)27-13-28-21/h4-5,7,9-10,17-18,25H,6,8,11-13H2,1-3H3/t17?,18?,21-/m0/s1. The Hall–Kier alpha value is -1.58. The molecule has 8 heteroatoms. The molecule has 2 fully saturated rings. The van der Waals surface area contributed by atoms with Crippen LogP contribution in [0.15, 0.2) is 29.8 Å². The summed E-state index contributed by atoms with van der Waals surface area (Å²) in [5, 5.41) is 13.8. The van der Waals surface area contributed by atoms with Gasteiger partial charge in [0.25, 0.3) is 0 Å². The normalized spacial score (nSPS) is 26.3. The number of thiazole rings is 1. The van der Waals surface area contributed by atoms with Gasteiger partial charge in [0.15, 0.2) is 5.60 Å². The molecule has 6 nitrogen and oxygen atoms in total. The SMILES string of the molecule is Cc1cc(C(O)N2CC[C@]3(c4nccs4)OCOC3C2)ccc1OCC(C)(C)F. The molecule has 4 rings (SSSR count). The Labute approximate surface area is 174 Å². The molecule has 3 heterocycles. The zero-order valence-corrected chi connectivity index (χ0v) is 17.7. The number of halogens is 1. The number of nitrogens with zero attached hydrogens (tertiary/aromatic N) is 2. The van der Waals surface area contributed by atoms with E-state index in [1.165, 1.54) is 13.8 Å². The molecule has 1 N–H and O–H groups in total. The third-order valence-corrected chi connectivity index (χ3v) is 6.42. The highest BCUT2D eigenvalue weighted by Crippen LogP contribution is 2.44. The van der Waals surface area contributed by atoms with Crippen LogP contribution >= 0.6 is 11.3 Å². The van der Waals surface area contributed by atoms with E-state index in [0.29, 0.717) is 25.3 Å². The van der Waals surface area contributed by atoms with E-state index in [-0.39, 0.29) is 19.5 Å². The molecule has 0 amide bonds. The van der Waals surface area contributed by atoms with Gasteiger partial charge in [0.05, 0.1) is 0 Å². The fraction of sp³-hybridized carbons (Fsp3) is 0.571. The molecule has 158 valence electrons. The van der Waals surface area contributed by atoms with E-state index in [1.54, 1.807) is 23.6 Å². The average molecular weight is 423 g/mol. The quantitative estimate of drug-likeness (QED) is 0.768. The largest absolute Gasteiger partial charge is 0.490 e. The van der Waals surface area contributed by atoms with E-state index in [2.05, 4.69) is 4.98 Å². The number of rotatable bonds is 6. The molecule has 2 aliphatic rings. The fourth-order valence-electron chi connectivity index (χ4n) is 3.91. The highest BCUT2D eigenvalue weighted by molar-refractivity contribution is 7.09. The molecule has 3 atom stereocenters. The maximum atomic E-state index is 13.7. The molecule has 0 spiro atoms. The number of aromatic nitrogens is 1. The maximum absolute atomic E-state index is 13.7. The van der Waals surface area contributed by atoms with Gasteiger partial charge in [-0.15, -0.1) is 11.3 Å². The van der Waals surface area contributed by atoms with Gasteiger partial charge in [-0.05, 0) is 50.5 Å². The molecule has 0 bridgehead atoms. The summed E-state index contributed by atoms with van der Waals surface area (Å²) in [5.41, 5.74) is -0.279. The van der Waals surface area contributed by atoms with Crippen molar-refractivity contribution in [2.75, 3.05) is 26.5 Å². The lowest BCUT2D eigenvalue weighted by molar-refractivity contribution is -0.0948. The minimum absolute atomic E-state index is 0.0142. The van der Waals surface area contributed by atoms with Crippen molar-refractivity contribution in [3.63, 3.8) is 0 Å². The van der Waals surface area contributed by atoms with E-state index in [0.717, 1.165) is 16.1 Å². The van der Waals surface area contributed by atoms with E-state index in [9.17, 15) is 9.50 Å². The van der Waals surface area contributed by atoms with Gasteiger partial charge < -0.3 is 19.3 Å². The summed E-state index contributed by atoms with van der Waals surface area (Å²) in [4.78, 5) is 6.44. The van der Waals surface area contributed by atoms with Gasteiger partial charge in [-0.25, -0.2) is 9.37 Å². The Bertz CT molecular complexity index is 842. The molecule has 0 aliphatic carbocycles. The number of hydrogen-bond donors (Lipinski definition) is 1. The number of benzene rings is 1. The van der Waals surface area contributed by atoms with Crippen LogP contribution in [0.1, 0.15) is 42.6 Å². The zero-order valence-electron chi connectivity index (χ0n) is 16.9. The minimum Gasteiger partial charge on any atom is -0.490 e. The van der Waals surface area contributed by atoms with Crippen LogP contribution in [0, 0.1) is 6.92 Å². The number of hydrogen-bond acceptors (Lipinski definition) is 7. The van der Waals surface area contributed by atoms with Crippen LogP contribution in [0.3, 0.4) is 0 Å². The summed E-state index contributed by atoms with van der Waals surface area (Å²) in [6.45, 7) is 6.30. The Morgan fingerprint density at radius 2 is 2.31 bits per heavy atom. The molecule has 1 aromatic heterocycles. The molecule has 2 aromatic rings. The van der Waals surface area contributed by atoms with Crippen LogP contribution < -0.4 is 4.74 Å². The second kappa shape index (κ2) is 7.92. The first-order valence-electron chi connectivity index (χ1n) is 9.78. The summed E-state index contributed by atoms with van der Waals surface area (Å²) in [6, 6.07) is 5.51. The summed E-state index contributed by atoms with van der Waals surface area (Å²) >= 11 is 1.57. The van der Waals surface area contributed by atoms with Gasteiger partial charge in [0, 0.05) is 24.7 Å². The van der Waals surface area contributed by atoms with Crippen LogP contribution in [0.5, 0.6) is 5.75 Å². The van der Waals surface area contributed by atoms with Gasteiger partial charge in [-0.2, -0.15) is 0 Å². The third-order valence-electron chi connectivity index (χ3n) is 5.48. The van der Waals surface area contributed by atoms with Gasteiger partial charge in [0.1, 0.15) is 42.2 Å². The number of aliphatic hydroxyl groups excluding tert-OH is 1. The van der Waals surface area contributed by atoms with Crippen molar-refractivity contribution in [3.05, 3.63) is 45.9 Å². The zero-order chi connectivity index (χ0) is 20.6. The maximum Gasteiger partial charge on any atom is 0.151 e. The number of alkyl halides is 1. The van der Waals surface area contributed by atoms with E-state index in [1.807, 2.05) is 29.3 Å². The lowest BCUT2D eigenvalue weighted by atomic mass is 9.88. The average Bonchev–Trinajstić information content (AvgIpc) is 3.35. The van der Waals surface area contributed by atoms with Crippen molar-refractivity contribution >= 4 is 11.3 Å². The molecule has 2 unspecified atom stereocenters. The highest BCUT2D eigenvalue weighted by atomic mass is 32.1. The van der Waals surface area contributed by atoms with Crippen LogP contribution in [-0.2, 0) is 15.1 Å². The van der Waals surface area contributed by atoms with Gasteiger partial charge in [-0.1, -0.05) is 6.07 Å². The first-order valence-corrected chi connectivity index (χ1v) is 10.7. The Morgan fingerprint density at radius 1 is 1.48 bits per heavy atom. The summed E-state index contributed by atoms with van der Waals surface area (Å²) in [6.07, 6.45) is 1.55. The van der Waals surface area contributed by atoms with Crippen LogP contribution in [-0.4, -0.2) is 53.3 Å². The first-order chi connectivity index (χ1) is 13.8. The third kappa shape index (κ3) is 4.18. The van der Waals surface area contributed by atoms with Crippen molar-refractivity contribution in [1.29, 1.82) is 0 Å². The second-order valence-corrected chi connectivity index (χ2v) is 9.19. The molecule has 0 saturated carbocycles. The lowest BCUT2D eigenvalue weighted by Crippen LogP contribution is -2.52. The number of fused-ring (bicyclic) bond motifs is 1. The monoisotopic (exact) mass is 422 g/mol. The van der Waals surface area contributed by atoms with E-state index >= 15 is 0 Å². The Kier molecular flexibility index (Phi) is 5.65. The number of ether oxygens (including phenoxy) is 3. The molecule has 29 heavy (non-hydrogen) atoms. The predicted octanol–water partition coefficient (Wildman–Crippen LogP) is 3.54. The molecule has 2 aliphatic heterocycles. The summed E-state index contributed by atoms with van der Waals surface area (Å²) < 4.78 is 31.1. The molecule has 2 saturated heterocycles. The molecule has 0 radical (unpaired) electrons. The van der Waals surface area contributed by atoms with E-state index < -0.39 is 17.5 Å². The van der Waals surface area contributed by atoms with E-state index in [4.69, 9.17) is 14.2 Å². The summed E-state index contributed by atoms with van der Waals surface area (Å²) in [5.74, 6) is 0.626. The second-order valence-electron chi connectivity index (χ2n) is 8.30. The van der Waals surface area contributed by atoms with Crippen molar-refractivity contribution in [2.24, 2.45) is 0 Å². The number of aliphatic hydroxyl groups is 1. The Morgan fingerprint density at radius 3 is 3.00 bits per heavy atom. The van der Waals surface area contributed by atoms with Gasteiger partial charge in [-0.3, -0.25) is 4.90 Å². The molecular weight excluding hydrogens is 395 g/mol. The fourth-order valence-corrected chi connectivity index (χ4v) is 4.78. The highest BCUT2D eigenvalue weighted by Gasteiger charge is 2.52. The molecule has 1 aromatic carbocycles. The van der Waals surface area contributed by atoms with Gasteiger partial charge >= 0.3 is 0 Å². The topological polar surface area (TPSA) is 64.1 Å². The molecular formula is C21H27FN2O4S. The predicted molar refractivity (Wildman–Crippen MR) is 108 cm³/mol. The number of aryl methyl sites for hydroxylation is 1. The Balaban J connectivity index is 1.45. The summed E-state index contributed by atoms with van der Waals surface area (Å²) in [7, 11) is 0. The van der Waals surface area contributed by atoms with Crippen molar-refractivity contribution in [2.45, 2.75) is 50.8 Å². The van der Waals surface area contributed by atoms with Gasteiger partial charge in [0.2, 0.25) is 0 Å². The number of piperidine rings is 1. The van der Waals surface area contributed by atoms with Crippen LogP contribution in [0.4, 0.5) is 4.39 Å².